The number of hydrogen-bond acceptors (Lipinski definition) is 1. The molecule has 1 nitrogen and oxygen atoms in total. The summed E-state index contributed by atoms with van der Waals surface area (Å²) in [4.78, 5) is 0. The maximum Gasteiger partial charge on any atom is 0.573 e. The summed E-state index contributed by atoms with van der Waals surface area (Å²) >= 11 is 0. The van der Waals surface area contributed by atoms with E-state index in [4.69, 9.17) is 0 Å². The summed E-state index contributed by atoms with van der Waals surface area (Å²) < 4.78 is 69.3. The number of halogens is 5. The van der Waals surface area contributed by atoms with Gasteiger partial charge < -0.3 is 4.74 Å². The predicted octanol–water partition coefficient (Wildman–Crippen LogP) is 8.55. The number of alkyl halides is 3. The third kappa shape index (κ3) is 6.08. The van der Waals surface area contributed by atoms with E-state index in [0.717, 1.165) is 62.6 Å². The zero-order chi connectivity index (χ0) is 22.6. The molecule has 0 atom stereocenters. The van der Waals surface area contributed by atoms with Crippen LogP contribution in [0.5, 0.6) is 5.75 Å². The van der Waals surface area contributed by atoms with Crippen molar-refractivity contribution in [3.63, 3.8) is 0 Å². The molecule has 0 saturated heterocycles. The molecule has 1 saturated carbocycles. The molecule has 1 aliphatic carbocycles. The number of rotatable bonds is 7. The fourth-order valence-electron chi connectivity index (χ4n) is 4.39. The monoisotopic (exact) mass is 438 g/mol. The van der Waals surface area contributed by atoms with Crippen LogP contribution in [-0.4, -0.2) is 6.36 Å². The molecule has 0 amide bonds. The average molecular weight is 438 g/mol. The molecule has 168 valence electrons. The predicted molar refractivity (Wildman–Crippen MR) is 112 cm³/mol. The molecular formula is C25H27F5O. The zero-order valence-electron chi connectivity index (χ0n) is 17.6. The second-order valence-corrected chi connectivity index (χ2v) is 8.26. The lowest BCUT2D eigenvalue weighted by Gasteiger charge is -2.30. The minimum Gasteiger partial charge on any atom is -0.399 e. The molecule has 0 unspecified atom stereocenters. The average Bonchev–Trinajstić information content (AvgIpc) is 2.74. The van der Waals surface area contributed by atoms with Crippen molar-refractivity contribution in [2.45, 2.75) is 64.1 Å². The molecule has 1 fully saturated rings. The number of benzene rings is 2. The highest BCUT2D eigenvalue weighted by Gasteiger charge is 2.34. The van der Waals surface area contributed by atoms with Gasteiger partial charge in [0, 0.05) is 0 Å². The minimum absolute atomic E-state index is 0.210. The van der Waals surface area contributed by atoms with Gasteiger partial charge in [0.15, 0.2) is 11.6 Å². The molecule has 0 aliphatic heterocycles. The van der Waals surface area contributed by atoms with Crippen molar-refractivity contribution in [2.24, 2.45) is 5.92 Å². The van der Waals surface area contributed by atoms with Gasteiger partial charge in [-0.1, -0.05) is 43.3 Å². The Morgan fingerprint density at radius 1 is 1.03 bits per heavy atom. The van der Waals surface area contributed by atoms with E-state index in [2.05, 4.69) is 18.2 Å². The van der Waals surface area contributed by atoms with E-state index in [0.29, 0.717) is 11.5 Å². The van der Waals surface area contributed by atoms with E-state index in [1.807, 2.05) is 12.1 Å². The van der Waals surface area contributed by atoms with Gasteiger partial charge in [-0.05, 0) is 85.6 Å². The molecule has 0 radical (unpaired) electrons. The van der Waals surface area contributed by atoms with Crippen LogP contribution >= 0.6 is 0 Å². The van der Waals surface area contributed by atoms with Crippen LogP contribution in [0.1, 0.15) is 63.4 Å². The summed E-state index contributed by atoms with van der Waals surface area (Å²) in [6.07, 6.45) is 2.13. The highest BCUT2D eigenvalue weighted by molar-refractivity contribution is 5.69. The molecule has 0 bridgehead atoms. The van der Waals surface area contributed by atoms with E-state index in [1.54, 1.807) is 12.1 Å². The quantitative estimate of drug-likeness (QED) is 0.311. The highest BCUT2D eigenvalue weighted by Crippen LogP contribution is 2.42. The van der Waals surface area contributed by atoms with Crippen LogP contribution in [-0.2, 0) is 0 Å². The van der Waals surface area contributed by atoms with Gasteiger partial charge in [-0.25, -0.2) is 8.78 Å². The standard InChI is InChI=1S/C25H27F5O/c1-3-16(2)8-9-17-10-12-18(13-11-17)20-6-4-5-7-21(20)19-14-22(26)24(23(27)15-19)31-25(28,29)30/h4-7,14-15,17-18H,2-3,8-13H2,1H3. The lowest BCUT2D eigenvalue weighted by molar-refractivity contribution is -0.276. The van der Waals surface area contributed by atoms with Gasteiger partial charge in [0.25, 0.3) is 0 Å². The van der Waals surface area contributed by atoms with Gasteiger partial charge in [-0.3, -0.25) is 0 Å². The van der Waals surface area contributed by atoms with Crippen LogP contribution in [0.15, 0.2) is 48.6 Å². The third-order valence-electron chi connectivity index (χ3n) is 6.18. The smallest absolute Gasteiger partial charge is 0.399 e. The summed E-state index contributed by atoms with van der Waals surface area (Å²) in [7, 11) is 0. The van der Waals surface area contributed by atoms with Gasteiger partial charge in [0.2, 0.25) is 5.75 Å². The first-order valence-corrected chi connectivity index (χ1v) is 10.7. The Hall–Kier alpha value is -2.37. The maximum atomic E-state index is 14.3. The lowest BCUT2D eigenvalue weighted by Crippen LogP contribution is -2.19. The molecule has 0 aromatic heterocycles. The molecule has 0 heterocycles. The molecule has 0 N–H and O–H groups in total. The summed E-state index contributed by atoms with van der Waals surface area (Å²) in [6.45, 7) is 6.19. The Morgan fingerprint density at radius 3 is 2.23 bits per heavy atom. The lowest BCUT2D eigenvalue weighted by atomic mass is 9.75. The largest absolute Gasteiger partial charge is 0.573 e. The van der Waals surface area contributed by atoms with Crippen molar-refractivity contribution >= 4 is 0 Å². The summed E-state index contributed by atoms with van der Waals surface area (Å²) in [5.74, 6) is -3.27. The molecule has 6 heteroatoms. The fourth-order valence-corrected chi connectivity index (χ4v) is 4.39. The normalized spacial score (nSPS) is 19.3. The second kappa shape index (κ2) is 9.84. The van der Waals surface area contributed by atoms with Crippen molar-refractivity contribution in [2.75, 3.05) is 0 Å². The van der Waals surface area contributed by atoms with Crippen molar-refractivity contribution < 1.29 is 26.7 Å². The highest BCUT2D eigenvalue weighted by atomic mass is 19.4. The first kappa shape index (κ1) is 23.3. The molecule has 31 heavy (non-hydrogen) atoms. The Labute approximate surface area is 179 Å². The molecule has 3 rings (SSSR count). The Bertz CT molecular complexity index is 887. The van der Waals surface area contributed by atoms with Crippen molar-refractivity contribution in [1.29, 1.82) is 0 Å². The van der Waals surface area contributed by atoms with Crippen LogP contribution in [0.4, 0.5) is 22.0 Å². The zero-order valence-corrected chi connectivity index (χ0v) is 17.6. The molecule has 2 aromatic carbocycles. The first-order chi connectivity index (χ1) is 14.7. The first-order valence-electron chi connectivity index (χ1n) is 10.7. The molecule has 1 aliphatic rings. The van der Waals surface area contributed by atoms with Gasteiger partial charge in [0.1, 0.15) is 0 Å². The van der Waals surface area contributed by atoms with Crippen LogP contribution < -0.4 is 4.74 Å². The van der Waals surface area contributed by atoms with Crippen molar-refractivity contribution in [3.05, 3.63) is 65.7 Å². The van der Waals surface area contributed by atoms with Crippen LogP contribution in [0.2, 0.25) is 0 Å². The summed E-state index contributed by atoms with van der Waals surface area (Å²) in [5.41, 5.74) is 3.10. The van der Waals surface area contributed by atoms with E-state index >= 15 is 0 Å². The number of allylic oxidation sites excluding steroid dienone is 1. The number of hydrogen-bond donors (Lipinski definition) is 0. The van der Waals surface area contributed by atoms with E-state index in [-0.39, 0.29) is 11.5 Å². The topological polar surface area (TPSA) is 9.23 Å². The van der Waals surface area contributed by atoms with Crippen LogP contribution in [0.25, 0.3) is 11.1 Å². The van der Waals surface area contributed by atoms with Gasteiger partial charge in [-0.15, -0.1) is 13.2 Å². The van der Waals surface area contributed by atoms with Crippen LogP contribution in [0, 0.1) is 17.6 Å². The van der Waals surface area contributed by atoms with Crippen LogP contribution in [0.3, 0.4) is 0 Å². The Morgan fingerprint density at radius 2 is 1.65 bits per heavy atom. The minimum atomic E-state index is -5.16. The summed E-state index contributed by atoms with van der Waals surface area (Å²) in [6, 6.07) is 9.15. The Balaban J connectivity index is 1.78. The molecule has 0 spiro atoms. The van der Waals surface area contributed by atoms with Gasteiger partial charge in [0.05, 0.1) is 0 Å². The van der Waals surface area contributed by atoms with E-state index < -0.39 is 23.7 Å². The van der Waals surface area contributed by atoms with Crippen molar-refractivity contribution in [1.82, 2.24) is 0 Å². The molecule has 2 aromatic rings. The van der Waals surface area contributed by atoms with E-state index in [9.17, 15) is 22.0 Å². The van der Waals surface area contributed by atoms with Gasteiger partial charge in [-0.2, -0.15) is 0 Å². The number of ether oxygens (including phenoxy) is 1. The molecular weight excluding hydrogens is 411 g/mol. The van der Waals surface area contributed by atoms with E-state index in [1.165, 1.54) is 5.57 Å². The SMILES string of the molecule is C=C(CC)CCC1CCC(c2ccccc2-c2cc(F)c(OC(F)(F)F)c(F)c2)CC1. The Kier molecular flexibility index (Phi) is 7.39. The third-order valence-corrected chi connectivity index (χ3v) is 6.18. The van der Waals surface area contributed by atoms with Gasteiger partial charge >= 0.3 is 6.36 Å². The fraction of sp³-hybridized carbons (Fsp3) is 0.440. The second-order valence-electron chi connectivity index (χ2n) is 8.26. The summed E-state index contributed by atoms with van der Waals surface area (Å²) in [5, 5.41) is 0. The maximum absolute atomic E-state index is 14.3. The van der Waals surface area contributed by atoms with Crippen molar-refractivity contribution in [3.8, 4) is 16.9 Å².